The van der Waals surface area contributed by atoms with Crippen LogP contribution in [0, 0.1) is 0 Å². The number of aromatic amines is 1. The van der Waals surface area contributed by atoms with E-state index in [0.717, 1.165) is 11.3 Å². The smallest absolute Gasteiger partial charge is 0.326 e. The molecule has 1 heterocycles. The third kappa shape index (κ3) is 8.42. The van der Waals surface area contributed by atoms with Crippen LogP contribution in [0.3, 0.4) is 0 Å². The second-order valence-electron chi connectivity index (χ2n) is 8.29. The quantitative estimate of drug-likeness (QED) is 0.128. The van der Waals surface area contributed by atoms with E-state index in [4.69, 9.17) is 16.6 Å². The number of nitrogens with two attached hydrogens (primary N) is 2. The van der Waals surface area contributed by atoms with Gasteiger partial charge in [-0.3, -0.25) is 19.4 Å². The minimum absolute atomic E-state index is 0.0301. The molecule has 0 bridgehead atoms. The van der Waals surface area contributed by atoms with Crippen molar-refractivity contribution in [3.63, 3.8) is 0 Å². The van der Waals surface area contributed by atoms with E-state index in [2.05, 4.69) is 20.4 Å². The number of hydrazone groups is 1. The summed E-state index contributed by atoms with van der Waals surface area (Å²) in [4.78, 5) is 52.9. The van der Waals surface area contributed by atoms with Crippen LogP contribution < -0.4 is 22.3 Å². The molecule has 0 radical (unpaired) electrons. The maximum absolute atomic E-state index is 12.5. The third-order valence-corrected chi connectivity index (χ3v) is 5.21. The molecule has 2 aromatic rings. The van der Waals surface area contributed by atoms with Crippen LogP contribution in [0.2, 0.25) is 0 Å². The fourth-order valence-corrected chi connectivity index (χ4v) is 3.44. The van der Waals surface area contributed by atoms with Crippen LogP contribution in [-0.4, -0.2) is 68.9 Å². The first-order chi connectivity index (χ1) is 17.0. The molecule has 0 saturated carbocycles. The molecule has 8 N–H and O–H groups in total. The molecule has 0 aliphatic rings. The summed E-state index contributed by atoms with van der Waals surface area (Å²) in [6, 6.07) is 5.20. The highest BCUT2D eigenvalue weighted by atomic mass is 16.4. The summed E-state index contributed by atoms with van der Waals surface area (Å²) in [7, 11) is 3.57. The van der Waals surface area contributed by atoms with Gasteiger partial charge in [-0.2, -0.15) is 10.1 Å². The molecule has 2 rings (SSSR count). The number of hydrogen-bond donors (Lipinski definition) is 6. The van der Waals surface area contributed by atoms with Gasteiger partial charge < -0.3 is 32.0 Å². The monoisotopic (exact) mass is 501 g/mol. The molecule has 194 valence electrons. The van der Waals surface area contributed by atoms with Crippen LogP contribution in [0.25, 0.3) is 0 Å². The van der Waals surface area contributed by atoms with E-state index in [0.29, 0.717) is 31.2 Å². The van der Waals surface area contributed by atoms with Crippen molar-refractivity contribution in [2.75, 3.05) is 25.6 Å². The predicted molar refractivity (Wildman–Crippen MR) is 134 cm³/mol. The Kier molecular flexibility index (Phi) is 9.95. The SMILES string of the molecule is CN(C)N=C(CCCCc1c(N)nc(N)[nH]c1=O)c1ccc(C(=O)N[C@@H](CCC(=O)O)C(=O)O)cc1. The number of nitrogens with one attached hydrogen (secondary N) is 2. The first-order valence-electron chi connectivity index (χ1n) is 11.2. The number of benzene rings is 1. The summed E-state index contributed by atoms with van der Waals surface area (Å²) in [5.74, 6) is -2.99. The number of nitrogen functional groups attached to an aromatic ring is 2. The van der Waals surface area contributed by atoms with Gasteiger partial charge >= 0.3 is 11.9 Å². The third-order valence-electron chi connectivity index (χ3n) is 5.21. The molecule has 0 aliphatic heterocycles. The molecule has 1 aromatic carbocycles. The zero-order chi connectivity index (χ0) is 26.8. The number of rotatable bonds is 13. The van der Waals surface area contributed by atoms with Gasteiger partial charge in [-0.05, 0) is 49.8 Å². The summed E-state index contributed by atoms with van der Waals surface area (Å²) in [5.41, 5.74) is 13.1. The highest BCUT2D eigenvalue weighted by molar-refractivity contribution is 6.02. The molecular weight excluding hydrogens is 470 g/mol. The molecule has 0 spiro atoms. The Bertz CT molecular complexity index is 1170. The van der Waals surface area contributed by atoms with E-state index in [1.54, 1.807) is 43.4 Å². The number of unbranched alkanes of at least 4 members (excludes halogenated alkanes) is 1. The Morgan fingerprint density at radius 3 is 2.28 bits per heavy atom. The molecule has 0 saturated heterocycles. The van der Waals surface area contributed by atoms with Gasteiger partial charge in [0.2, 0.25) is 5.95 Å². The van der Waals surface area contributed by atoms with Crippen LogP contribution in [0.4, 0.5) is 11.8 Å². The van der Waals surface area contributed by atoms with E-state index >= 15 is 0 Å². The molecule has 13 nitrogen and oxygen atoms in total. The Hall–Kier alpha value is -4.42. The molecule has 1 aromatic heterocycles. The highest BCUT2D eigenvalue weighted by Gasteiger charge is 2.21. The van der Waals surface area contributed by atoms with E-state index < -0.39 is 23.9 Å². The zero-order valence-corrected chi connectivity index (χ0v) is 20.2. The number of nitrogens with zero attached hydrogens (tertiary/aromatic N) is 3. The Balaban J connectivity index is 2.04. The maximum atomic E-state index is 12.5. The Morgan fingerprint density at radius 2 is 1.72 bits per heavy atom. The number of carbonyl (C=O) groups excluding carboxylic acids is 1. The number of anilines is 2. The van der Waals surface area contributed by atoms with Crippen molar-refractivity contribution in [2.24, 2.45) is 5.10 Å². The van der Waals surface area contributed by atoms with Crippen molar-refractivity contribution in [1.82, 2.24) is 20.3 Å². The number of carboxylic acids is 2. The summed E-state index contributed by atoms with van der Waals surface area (Å²) in [5, 5.41) is 26.5. The number of H-pyrrole nitrogens is 1. The Labute approximate surface area is 207 Å². The lowest BCUT2D eigenvalue weighted by Gasteiger charge is -2.14. The van der Waals surface area contributed by atoms with Gasteiger partial charge in [0.1, 0.15) is 11.9 Å². The van der Waals surface area contributed by atoms with Crippen molar-refractivity contribution in [1.29, 1.82) is 0 Å². The molecule has 36 heavy (non-hydrogen) atoms. The first-order valence-corrected chi connectivity index (χ1v) is 11.2. The fourth-order valence-electron chi connectivity index (χ4n) is 3.44. The van der Waals surface area contributed by atoms with Crippen LogP contribution in [-0.2, 0) is 16.0 Å². The van der Waals surface area contributed by atoms with Crippen molar-refractivity contribution in [3.05, 3.63) is 51.3 Å². The summed E-state index contributed by atoms with van der Waals surface area (Å²) >= 11 is 0. The van der Waals surface area contributed by atoms with E-state index in [-0.39, 0.29) is 35.7 Å². The lowest BCUT2D eigenvalue weighted by Crippen LogP contribution is -2.41. The van der Waals surface area contributed by atoms with Crippen LogP contribution >= 0.6 is 0 Å². The van der Waals surface area contributed by atoms with E-state index in [1.807, 2.05) is 0 Å². The van der Waals surface area contributed by atoms with Crippen molar-refractivity contribution >= 4 is 35.3 Å². The number of aliphatic carboxylic acids is 2. The molecule has 0 fully saturated rings. The van der Waals surface area contributed by atoms with Crippen LogP contribution in [0.1, 0.15) is 53.6 Å². The summed E-state index contributed by atoms with van der Waals surface area (Å²) < 4.78 is 0. The number of carboxylic acid groups (broad SMARTS) is 2. The number of amides is 1. The van der Waals surface area contributed by atoms with Crippen LogP contribution in [0.15, 0.2) is 34.2 Å². The largest absolute Gasteiger partial charge is 0.481 e. The molecule has 13 heteroatoms. The average molecular weight is 502 g/mol. The zero-order valence-electron chi connectivity index (χ0n) is 20.2. The molecule has 0 aliphatic carbocycles. The highest BCUT2D eigenvalue weighted by Crippen LogP contribution is 2.14. The van der Waals surface area contributed by atoms with E-state index in [1.165, 1.54) is 0 Å². The van der Waals surface area contributed by atoms with Gasteiger partial charge in [0, 0.05) is 26.1 Å². The first kappa shape index (κ1) is 27.8. The standard InChI is InChI=1S/C23H31N7O6/c1-30(2)29-16(6-4-3-5-15-19(24)27-23(25)28-21(15)34)13-7-9-14(10-8-13)20(33)26-17(22(35)36)11-12-18(31)32/h7-10,17H,3-6,11-12H2,1-2H3,(H,26,33)(H,31,32)(H,35,36)(H5,24,25,27,28,34)/t17-/m0/s1. The van der Waals surface area contributed by atoms with Crippen molar-refractivity contribution < 1.29 is 24.6 Å². The van der Waals surface area contributed by atoms with Crippen LogP contribution in [0.5, 0.6) is 0 Å². The van der Waals surface area contributed by atoms with Gasteiger partial charge in [0.05, 0.1) is 11.3 Å². The lowest BCUT2D eigenvalue weighted by atomic mass is 10.0. The van der Waals surface area contributed by atoms with Gasteiger partial charge in [0.25, 0.3) is 11.5 Å². The number of hydrogen-bond acceptors (Lipinski definition) is 9. The van der Waals surface area contributed by atoms with Gasteiger partial charge in [-0.15, -0.1) is 0 Å². The minimum Gasteiger partial charge on any atom is -0.481 e. The molecule has 1 atom stereocenters. The van der Waals surface area contributed by atoms with Crippen molar-refractivity contribution in [2.45, 2.75) is 44.6 Å². The number of carbonyl (C=O) groups is 3. The molecule has 1 amide bonds. The topological polar surface area (TPSA) is 217 Å². The minimum atomic E-state index is -1.31. The second kappa shape index (κ2) is 12.9. The average Bonchev–Trinajstić information content (AvgIpc) is 2.79. The normalized spacial score (nSPS) is 12.1. The van der Waals surface area contributed by atoms with Gasteiger partial charge in [-0.1, -0.05) is 12.1 Å². The summed E-state index contributed by atoms with van der Waals surface area (Å²) in [6.07, 6.45) is 1.75. The summed E-state index contributed by atoms with van der Waals surface area (Å²) in [6.45, 7) is 0. The van der Waals surface area contributed by atoms with Gasteiger partial charge in [-0.25, -0.2) is 4.79 Å². The maximum Gasteiger partial charge on any atom is 0.326 e. The number of aromatic nitrogens is 2. The second-order valence-corrected chi connectivity index (χ2v) is 8.29. The molecular formula is C23H31N7O6. The van der Waals surface area contributed by atoms with Crippen molar-refractivity contribution in [3.8, 4) is 0 Å². The van der Waals surface area contributed by atoms with E-state index in [9.17, 15) is 24.3 Å². The predicted octanol–water partition coefficient (Wildman–Crippen LogP) is 0.661. The lowest BCUT2D eigenvalue weighted by molar-refractivity contribution is -0.140. The molecule has 0 unspecified atom stereocenters. The van der Waals surface area contributed by atoms with Gasteiger partial charge in [0.15, 0.2) is 0 Å². The fraction of sp³-hybridized carbons (Fsp3) is 0.391. The Morgan fingerprint density at radius 1 is 1.08 bits per heavy atom.